The first-order chi connectivity index (χ1) is 14.7. The van der Waals surface area contributed by atoms with Crippen LogP contribution in [0.1, 0.15) is 17.7 Å². The van der Waals surface area contributed by atoms with Crippen LogP contribution in [0.15, 0.2) is 46.0 Å². The number of aromatic nitrogens is 1. The third-order valence-electron chi connectivity index (χ3n) is 3.74. The maximum absolute atomic E-state index is 11.1. The molecule has 0 aliphatic rings. The summed E-state index contributed by atoms with van der Waals surface area (Å²) in [6, 6.07) is 7.63. The third kappa shape index (κ3) is 7.64. The molecule has 9 nitrogen and oxygen atoms in total. The van der Waals surface area contributed by atoms with Crippen molar-refractivity contribution in [1.82, 2.24) is 10.3 Å². The fourth-order valence-electron chi connectivity index (χ4n) is 2.31. The number of oxime groups is 1. The van der Waals surface area contributed by atoms with Crippen LogP contribution in [0.4, 0.5) is 5.13 Å². The van der Waals surface area contributed by atoms with Crippen LogP contribution in [0, 0.1) is 0 Å². The smallest absolute Gasteiger partial charge is 0.180 e. The van der Waals surface area contributed by atoms with E-state index in [1.54, 1.807) is 18.6 Å². The fraction of sp³-hybridized carbons (Fsp3) is 0.300. The van der Waals surface area contributed by atoms with Gasteiger partial charge in [-0.05, 0) is 30.7 Å². The predicted molar refractivity (Wildman–Crippen MR) is 121 cm³/mol. The van der Waals surface area contributed by atoms with Crippen molar-refractivity contribution in [3.05, 3.63) is 47.1 Å². The van der Waals surface area contributed by atoms with Gasteiger partial charge in [-0.15, -0.1) is 11.3 Å². The summed E-state index contributed by atoms with van der Waals surface area (Å²) in [5.41, 5.74) is 13.5. The molecule has 0 unspecified atom stereocenters. The highest BCUT2D eigenvalue weighted by atomic mass is 32.1. The molecule has 0 aliphatic heterocycles. The minimum Gasteiger partial charge on any atom is -0.490 e. The number of rotatable bonds is 13. The number of ether oxygens (including phenoxy) is 1. The van der Waals surface area contributed by atoms with Crippen molar-refractivity contribution >= 4 is 40.3 Å². The van der Waals surface area contributed by atoms with Crippen LogP contribution in [-0.2, 0) is 9.63 Å². The van der Waals surface area contributed by atoms with Gasteiger partial charge in [-0.3, -0.25) is 9.79 Å². The first-order valence-electron chi connectivity index (χ1n) is 9.33. The van der Waals surface area contributed by atoms with Crippen LogP contribution < -0.4 is 21.5 Å². The van der Waals surface area contributed by atoms with Crippen LogP contribution in [0.5, 0.6) is 5.75 Å². The molecule has 0 bridgehead atoms. The normalized spacial score (nSPS) is 12.2. The van der Waals surface area contributed by atoms with Gasteiger partial charge in [-0.1, -0.05) is 17.3 Å². The molecule has 0 atom stereocenters. The summed E-state index contributed by atoms with van der Waals surface area (Å²) in [6.45, 7) is 1.91. The van der Waals surface area contributed by atoms with Crippen LogP contribution in [0.3, 0.4) is 0 Å². The van der Waals surface area contributed by atoms with Gasteiger partial charge in [-0.2, -0.15) is 0 Å². The summed E-state index contributed by atoms with van der Waals surface area (Å²) in [4.78, 5) is 24.3. The second kappa shape index (κ2) is 13.1. The molecule has 1 aromatic heterocycles. The van der Waals surface area contributed by atoms with Crippen LogP contribution in [-0.4, -0.2) is 56.5 Å². The Morgan fingerprint density at radius 1 is 1.30 bits per heavy atom. The van der Waals surface area contributed by atoms with E-state index >= 15 is 0 Å². The summed E-state index contributed by atoms with van der Waals surface area (Å²) in [6.07, 6.45) is 5.18. The van der Waals surface area contributed by atoms with Crippen molar-refractivity contribution in [3.63, 3.8) is 0 Å². The average Bonchev–Trinajstić information content (AvgIpc) is 3.19. The number of carbonyl (C=O) groups excluding carboxylic acids is 1. The van der Waals surface area contributed by atoms with Crippen molar-refractivity contribution in [2.24, 2.45) is 15.9 Å². The average molecular weight is 431 g/mol. The quantitative estimate of drug-likeness (QED) is 0.190. The maximum Gasteiger partial charge on any atom is 0.180 e. The first-order valence-corrected chi connectivity index (χ1v) is 10.2. The molecule has 10 heteroatoms. The number of nitrogens with one attached hydrogen (secondary N) is 1. The van der Waals surface area contributed by atoms with E-state index in [-0.39, 0.29) is 18.9 Å². The van der Waals surface area contributed by atoms with Crippen LogP contribution in [0.2, 0.25) is 0 Å². The number of allylic oxidation sites excluding steroid dienone is 1. The Balaban J connectivity index is 1.83. The molecular weight excluding hydrogens is 404 g/mol. The molecular formula is C20H26N6O3S. The predicted octanol–water partition coefficient (Wildman–Crippen LogP) is 1.70. The van der Waals surface area contributed by atoms with Gasteiger partial charge in [0.15, 0.2) is 23.7 Å². The largest absolute Gasteiger partial charge is 0.490 e. The Hall–Kier alpha value is -3.24. The minimum absolute atomic E-state index is 0.0873. The van der Waals surface area contributed by atoms with Gasteiger partial charge >= 0.3 is 0 Å². The number of nitrogens with two attached hydrogens (primary N) is 2. The Kier molecular flexibility index (Phi) is 10.0. The molecule has 0 amide bonds. The molecule has 160 valence electrons. The monoisotopic (exact) mass is 430 g/mol. The van der Waals surface area contributed by atoms with E-state index in [4.69, 9.17) is 21.0 Å². The lowest BCUT2D eigenvalue weighted by Gasteiger charge is -2.08. The van der Waals surface area contributed by atoms with E-state index in [9.17, 15) is 4.79 Å². The van der Waals surface area contributed by atoms with E-state index < -0.39 is 0 Å². The van der Waals surface area contributed by atoms with Crippen molar-refractivity contribution in [1.29, 1.82) is 0 Å². The van der Waals surface area contributed by atoms with Crippen LogP contribution >= 0.6 is 11.3 Å². The zero-order chi connectivity index (χ0) is 21.6. The zero-order valence-electron chi connectivity index (χ0n) is 16.8. The lowest BCUT2D eigenvalue weighted by Crippen LogP contribution is -2.13. The number of benzene rings is 1. The lowest BCUT2D eigenvalue weighted by atomic mass is 10.1. The fourth-order valence-corrected chi connectivity index (χ4v) is 2.87. The number of hydrogen-bond donors (Lipinski definition) is 3. The molecule has 5 N–H and O–H groups in total. The molecule has 0 aliphatic carbocycles. The van der Waals surface area contributed by atoms with Crippen molar-refractivity contribution in [3.8, 4) is 5.75 Å². The highest BCUT2D eigenvalue weighted by Crippen LogP contribution is 2.17. The number of nitrogen functional groups attached to an aromatic ring is 1. The third-order valence-corrected chi connectivity index (χ3v) is 4.41. The molecule has 0 saturated heterocycles. The molecule has 0 saturated carbocycles. The number of nitrogens with zero attached hydrogens (tertiary/aromatic N) is 3. The van der Waals surface area contributed by atoms with Crippen molar-refractivity contribution in [2.45, 2.75) is 6.42 Å². The van der Waals surface area contributed by atoms with E-state index in [1.165, 1.54) is 11.3 Å². The summed E-state index contributed by atoms with van der Waals surface area (Å²) >= 11 is 1.23. The molecule has 30 heavy (non-hydrogen) atoms. The first kappa shape index (κ1) is 23.0. The highest BCUT2D eigenvalue weighted by molar-refractivity contribution is 7.13. The Morgan fingerprint density at radius 2 is 2.10 bits per heavy atom. The van der Waals surface area contributed by atoms with Gasteiger partial charge < -0.3 is 26.4 Å². The van der Waals surface area contributed by atoms with Crippen molar-refractivity contribution < 1.29 is 14.4 Å². The van der Waals surface area contributed by atoms with E-state index in [0.29, 0.717) is 29.4 Å². The number of thiazole rings is 1. The van der Waals surface area contributed by atoms with Gasteiger partial charge in [0.25, 0.3) is 0 Å². The van der Waals surface area contributed by atoms with Gasteiger partial charge in [0, 0.05) is 37.0 Å². The number of anilines is 1. The summed E-state index contributed by atoms with van der Waals surface area (Å²) in [5, 5.41) is 9.01. The van der Waals surface area contributed by atoms with Gasteiger partial charge in [0.2, 0.25) is 0 Å². The molecule has 0 radical (unpaired) electrons. The van der Waals surface area contributed by atoms with Gasteiger partial charge in [-0.25, -0.2) is 4.98 Å². The summed E-state index contributed by atoms with van der Waals surface area (Å²) in [5.74, 6) is 0.693. The molecule has 2 aromatic rings. The molecule has 1 aromatic carbocycles. The van der Waals surface area contributed by atoms with Gasteiger partial charge in [0.1, 0.15) is 18.1 Å². The van der Waals surface area contributed by atoms with Crippen LogP contribution in [0.25, 0.3) is 5.57 Å². The topological polar surface area (TPSA) is 137 Å². The van der Waals surface area contributed by atoms with E-state index in [1.807, 2.05) is 30.5 Å². The summed E-state index contributed by atoms with van der Waals surface area (Å²) < 4.78 is 5.64. The molecule has 0 fully saturated rings. The van der Waals surface area contributed by atoms with Gasteiger partial charge in [0.05, 0.1) is 0 Å². The second-order valence-electron chi connectivity index (χ2n) is 5.95. The molecule has 0 spiro atoms. The number of aldehydes is 1. The number of hydrogen-bond acceptors (Lipinski definition) is 10. The maximum atomic E-state index is 11.1. The number of carbonyl (C=O) groups is 1. The molecule has 2 rings (SSSR count). The number of aliphatic imine (C=N–C) groups is 1. The summed E-state index contributed by atoms with van der Waals surface area (Å²) in [7, 11) is 1.73. The van der Waals surface area contributed by atoms with Crippen molar-refractivity contribution in [2.75, 3.05) is 39.1 Å². The highest BCUT2D eigenvalue weighted by Gasteiger charge is 2.07. The SMILES string of the molecule is C/N=C/C(=C\NCCCN)c1ccc(OCCO/N=C(\C=O)c2csc(N)n2)cc1. The Bertz CT molecular complexity index is 877. The standard InChI is InChI=1S/C20H26N6O3S/c1-23-11-16(12-24-8-2-7-21)15-3-5-17(6-4-15)28-9-10-29-26-18(13-27)19-14-30-20(22)25-19/h3-6,11-14,24H,2,7-10,21H2,1H3,(H2,22,25)/b16-12+,23-11+,26-18+. The van der Waals surface area contributed by atoms with E-state index in [0.717, 1.165) is 24.1 Å². The molecule has 1 heterocycles. The minimum atomic E-state index is 0.0873. The van der Waals surface area contributed by atoms with E-state index in [2.05, 4.69) is 20.4 Å². The lowest BCUT2D eigenvalue weighted by molar-refractivity contribution is -0.102. The Labute approximate surface area is 179 Å². The zero-order valence-corrected chi connectivity index (χ0v) is 17.6. The second-order valence-corrected chi connectivity index (χ2v) is 6.84. The Morgan fingerprint density at radius 3 is 2.73 bits per heavy atom.